The Hall–Kier alpha value is -3.68. The van der Waals surface area contributed by atoms with Crippen molar-refractivity contribution < 1.29 is 19.1 Å². The average Bonchev–Trinajstić information content (AvgIpc) is 3.30. The second kappa shape index (κ2) is 7.72. The summed E-state index contributed by atoms with van der Waals surface area (Å²) in [6.07, 6.45) is -0.297. The van der Waals surface area contributed by atoms with E-state index < -0.39 is 23.7 Å². The predicted molar refractivity (Wildman–Crippen MR) is 122 cm³/mol. The molecule has 0 N–H and O–H groups in total. The van der Waals surface area contributed by atoms with Crippen LogP contribution < -0.4 is 4.90 Å². The largest absolute Gasteiger partial charge is 0.437 e. The highest BCUT2D eigenvalue weighted by Crippen LogP contribution is 2.55. The van der Waals surface area contributed by atoms with Crippen LogP contribution in [-0.2, 0) is 31.1 Å². The molecule has 0 saturated carbocycles. The van der Waals surface area contributed by atoms with Crippen molar-refractivity contribution in [3.05, 3.63) is 65.7 Å². The molecule has 5 rings (SSSR count). The van der Waals surface area contributed by atoms with E-state index in [0.29, 0.717) is 25.3 Å². The Morgan fingerprint density at radius 3 is 2.36 bits per heavy atom. The van der Waals surface area contributed by atoms with Crippen molar-refractivity contribution in [2.75, 3.05) is 11.4 Å². The number of carbonyl (C=O) groups is 3. The Bertz CT molecular complexity index is 1160. The van der Waals surface area contributed by atoms with Gasteiger partial charge in [0.25, 0.3) is 0 Å². The Balaban J connectivity index is 1.75. The third-order valence-corrected chi connectivity index (χ3v) is 6.82. The molecule has 3 aliphatic heterocycles. The molecule has 0 aliphatic carbocycles. The molecule has 8 nitrogen and oxygen atoms in total. The molecule has 1 fully saturated rings. The van der Waals surface area contributed by atoms with Crippen LogP contribution in [0.4, 0.5) is 5.69 Å². The second-order valence-corrected chi connectivity index (χ2v) is 8.75. The molecule has 170 valence electrons. The van der Waals surface area contributed by atoms with Gasteiger partial charge in [0.1, 0.15) is 11.9 Å². The normalized spacial score (nSPS) is 25.2. The number of benzene rings is 2. The quantitative estimate of drug-likeness (QED) is 0.677. The summed E-state index contributed by atoms with van der Waals surface area (Å²) in [5.74, 6) is -0.426. The SMILES string of the molecule is CC(=O)O[C@H]1C2N(Cc3ccccc3)c3ccccc3C23CCN(C(C)=O)C3=NN1C(C)=O. The molecule has 3 aliphatic rings. The molecule has 0 radical (unpaired) electrons. The van der Waals surface area contributed by atoms with Crippen LogP contribution in [-0.4, -0.2) is 52.3 Å². The highest BCUT2D eigenvalue weighted by molar-refractivity contribution is 6.08. The lowest BCUT2D eigenvalue weighted by Crippen LogP contribution is -2.65. The van der Waals surface area contributed by atoms with E-state index in [2.05, 4.69) is 16.1 Å². The number of amides is 2. The van der Waals surface area contributed by atoms with E-state index in [9.17, 15) is 14.4 Å². The number of likely N-dealkylation sites (tertiary alicyclic amines) is 1. The first-order valence-corrected chi connectivity index (χ1v) is 11.1. The highest BCUT2D eigenvalue weighted by Gasteiger charge is 2.66. The number of hydrazone groups is 1. The number of rotatable bonds is 3. The van der Waals surface area contributed by atoms with Crippen molar-refractivity contribution in [3.8, 4) is 0 Å². The summed E-state index contributed by atoms with van der Waals surface area (Å²) in [6, 6.07) is 17.7. The Morgan fingerprint density at radius 2 is 1.70 bits per heavy atom. The molecule has 2 unspecified atom stereocenters. The molecule has 2 amide bonds. The Labute approximate surface area is 192 Å². The van der Waals surface area contributed by atoms with Gasteiger partial charge in [0.05, 0.1) is 5.41 Å². The van der Waals surface area contributed by atoms with Gasteiger partial charge in [0.2, 0.25) is 18.0 Å². The number of carbonyl (C=O) groups excluding carboxylic acids is 3. The summed E-state index contributed by atoms with van der Waals surface area (Å²) in [4.78, 5) is 41.3. The second-order valence-electron chi connectivity index (χ2n) is 8.75. The van der Waals surface area contributed by atoms with E-state index in [1.165, 1.54) is 25.8 Å². The van der Waals surface area contributed by atoms with Crippen LogP contribution in [0.15, 0.2) is 59.7 Å². The van der Waals surface area contributed by atoms with E-state index in [0.717, 1.165) is 16.8 Å². The fourth-order valence-electron chi connectivity index (χ4n) is 5.60. The lowest BCUT2D eigenvalue weighted by molar-refractivity contribution is -0.167. The molecule has 2 aromatic carbocycles. The van der Waals surface area contributed by atoms with Crippen LogP contribution >= 0.6 is 0 Å². The number of hydrogen-bond acceptors (Lipinski definition) is 6. The van der Waals surface area contributed by atoms with Gasteiger partial charge in [-0.3, -0.25) is 19.3 Å². The fourth-order valence-corrected chi connectivity index (χ4v) is 5.60. The monoisotopic (exact) mass is 446 g/mol. The molecule has 0 bridgehead atoms. The molecule has 2 aromatic rings. The lowest BCUT2D eigenvalue weighted by atomic mass is 9.73. The third kappa shape index (κ3) is 3.12. The van der Waals surface area contributed by atoms with E-state index in [1.807, 2.05) is 48.5 Å². The van der Waals surface area contributed by atoms with Gasteiger partial charge in [-0.1, -0.05) is 48.5 Å². The standard InChI is InChI=1S/C25H26N4O4/c1-16(30)27-14-13-25-20-11-7-8-12-21(20)28(15-19-9-5-4-6-10-19)22(25)23(33-18(3)32)29(17(2)31)26-24(25)27/h4-12,22-23H,13-15H2,1-3H3/t22?,23-,25?/m0/s1. The van der Waals surface area contributed by atoms with Crippen molar-refractivity contribution in [3.63, 3.8) is 0 Å². The lowest BCUT2D eigenvalue weighted by Gasteiger charge is -2.46. The van der Waals surface area contributed by atoms with Crippen molar-refractivity contribution >= 4 is 29.3 Å². The summed E-state index contributed by atoms with van der Waals surface area (Å²) in [5, 5.41) is 5.88. The van der Waals surface area contributed by atoms with Gasteiger partial charge >= 0.3 is 5.97 Å². The molecule has 3 heterocycles. The number of para-hydroxylation sites is 1. The first-order chi connectivity index (χ1) is 15.8. The number of anilines is 1. The van der Waals surface area contributed by atoms with Gasteiger partial charge in [-0.25, -0.2) is 0 Å². The molecular formula is C25H26N4O4. The van der Waals surface area contributed by atoms with Gasteiger partial charge < -0.3 is 9.64 Å². The minimum Gasteiger partial charge on any atom is -0.437 e. The molecule has 1 spiro atoms. The van der Waals surface area contributed by atoms with Gasteiger partial charge in [0, 0.05) is 39.5 Å². The van der Waals surface area contributed by atoms with Gasteiger partial charge in [-0.15, -0.1) is 0 Å². The third-order valence-electron chi connectivity index (χ3n) is 6.82. The first kappa shape index (κ1) is 21.2. The fraction of sp³-hybridized carbons (Fsp3) is 0.360. The summed E-state index contributed by atoms with van der Waals surface area (Å²) in [7, 11) is 0. The minimum absolute atomic E-state index is 0.127. The molecule has 33 heavy (non-hydrogen) atoms. The zero-order chi connectivity index (χ0) is 23.3. The summed E-state index contributed by atoms with van der Waals surface area (Å²) in [5.41, 5.74) is 2.44. The van der Waals surface area contributed by atoms with Crippen molar-refractivity contribution in [2.24, 2.45) is 5.10 Å². The highest BCUT2D eigenvalue weighted by atomic mass is 16.6. The number of nitrogens with zero attached hydrogens (tertiary/aromatic N) is 4. The van der Waals surface area contributed by atoms with Crippen molar-refractivity contribution in [2.45, 2.75) is 51.4 Å². The zero-order valence-corrected chi connectivity index (χ0v) is 18.9. The van der Waals surface area contributed by atoms with Crippen molar-refractivity contribution in [1.82, 2.24) is 9.91 Å². The molecule has 1 saturated heterocycles. The minimum atomic E-state index is -0.924. The number of ether oxygens (including phenoxy) is 1. The Morgan fingerprint density at radius 1 is 1.00 bits per heavy atom. The predicted octanol–water partition coefficient (Wildman–Crippen LogP) is 2.63. The van der Waals surface area contributed by atoms with Gasteiger partial charge in [-0.2, -0.15) is 10.1 Å². The first-order valence-electron chi connectivity index (χ1n) is 11.1. The number of fused-ring (bicyclic) bond motifs is 1. The zero-order valence-electron chi connectivity index (χ0n) is 18.9. The maximum absolute atomic E-state index is 12.7. The molecule has 3 atom stereocenters. The van der Waals surface area contributed by atoms with E-state index in [-0.39, 0.29) is 11.8 Å². The van der Waals surface area contributed by atoms with Gasteiger partial charge in [0.15, 0.2) is 0 Å². The Kier molecular flexibility index (Phi) is 4.96. The van der Waals surface area contributed by atoms with Crippen molar-refractivity contribution in [1.29, 1.82) is 0 Å². The smallest absolute Gasteiger partial charge is 0.304 e. The number of esters is 1. The average molecular weight is 447 g/mol. The van der Waals surface area contributed by atoms with Crippen LogP contribution in [0.2, 0.25) is 0 Å². The number of amidine groups is 1. The van der Waals surface area contributed by atoms with E-state index >= 15 is 0 Å². The van der Waals surface area contributed by atoms with E-state index in [4.69, 9.17) is 4.74 Å². The van der Waals surface area contributed by atoms with Crippen LogP contribution in [0.3, 0.4) is 0 Å². The maximum Gasteiger partial charge on any atom is 0.304 e. The van der Waals surface area contributed by atoms with Crippen LogP contribution in [0.5, 0.6) is 0 Å². The number of hydrogen-bond donors (Lipinski definition) is 0. The van der Waals surface area contributed by atoms with Crippen LogP contribution in [0, 0.1) is 0 Å². The molecule has 0 aromatic heterocycles. The molecule has 8 heteroatoms. The van der Waals surface area contributed by atoms with Gasteiger partial charge in [-0.05, 0) is 23.6 Å². The summed E-state index contributed by atoms with van der Waals surface area (Å²) in [6.45, 7) is 5.28. The maximum atomic E-state index is 12.7. The molecular weight excluding hydrogens is 420 g/mol. The topological polar surface area (TPSA) is 82.5 Å². The van der Waals surface area contributed by atoms with Crippen LogP contribution in [0.25, 0.3) is 0 Å². The summed E-state index contributed by atoms with van der Waals surface area (Å²) >= 11 is 0. The van der Waals surface area contributed by atoms with Crippen LogP contribution in [0.1, 0.15) is 38.3 Å². The summed E-state index contributed by atoms with van der Waals surface area (Å²) < 4.78 is 5.79. The van der Waals surface area contributed by atoms with E-state index in [1.54, 1.807) is 4.90 Å².